The van der Waals surface area contributed by atoms with Crippen molar-refractivity contribution < 1.29 is 31.1 Å². The number of nitrogens with zero attached hydrogens (tertiary/aromatic N) is 3. The first-order chi connectivity index (χ1) is 19.0. The third kappa shape index (κ3) is 5.87. The highest BCUT2D eigenvalue weighted by Crippen LogP contribution is 2.47. The Morgan fingerprint density at radius 2 is 1.80 bits per heavy atom. The fourth-order valence-corrected chi connectivity index (χ4v) is 7.54. The van der Waals surface area contributed by atoms with E-state index in [1.54, 1.807) is 47.3 Å². The lowest BCUT2D eigenvalue weighted by Crippen LogP contribution is -2.42. The lowest BCUT2D eigenvalue weighted by atomic mass is 9.80. The molecule has 1 N–H and O–H groups in total. The number of aliphatic hydroxyl groups is 1. The van der Waals surface area contributed by atoms with E-state index in [0.717, 1.165) is 38.8 Å². The first kappa shape index (κ1) is 28.5. The van der Waals surface area contributed by atoms with Gasteiger partial charge in [0.25, 0.3) is 0 Å². The molecule has 0 spiro atoms. The van der Waals surface area contributed by atoms with Crippen LogP contribution in [0.15, 0.2) is 65.9 Å². The summed E-state index contributed by atoms with van der Waals surface area (Å²) in [6.45, 7) is 1.63. The molecule has 0 radical (unpaired) electrons. The Bertz CT molecular complexity index is 1510. The molecular weight excluding hydrogens is 546 g/mol. The molecule has 2 aliphatic carbocycles. The topological polar surface area (TPSA) is 75.4 Å². The molecule has 2 atom stereocenters. The van der Waals surface area contributed by atoms with Crippen LogP contribution in [0.2, 0.25) is 0 Å². The predicted molar refractivity (Wildman–Crippen MR) is 143 cm³/mol. The number of halogens is 4. The third-order valence-electron chi connectivity index (χ3n) is 8.01. The highest BCUT2D eigenvalue weighted by atomic mass is 32.2. The average Bonchev–Trinajstić information content (AvgIpc) is 3.50. The molecule has 214 valence electrons. The molecule has 1 heterocycles. The van der Waals surface area contributed by atoms with Crippen LogP contribution < -0.4 is 0 Å². The van der Waals surface area contributed by atoms with Gasteiger partial charge in [-0.15, -0.1) is 0 Å². The average molecular weight is 578 g/mol. The number of alkyl halides is 3. The van der Waals surface area contributed by atoms with Crippen LogP contribution in [0, 0.1) is 11.7 Å². The Hall–Kier alpha value is -3.02. The van der Waals surface area contributed by atoms with Crippen LogP contribution in [-0.4, -0.2) is 52.6 Å². The summed E-state index contributed by atoms with van der Waals surface area (Å²) in [5.74, 6) is -2.55. The molecule has 6 nitrogen and oxygen atoms in total. The van der Waals surface area contributed by atoms with Gasteiger partial charge in [-0.3, -0.25) is 0 Å². The SMILES string of the molecule is C[C@@H]1C2=C(CC[C@@H]2CN(CCc2ccccc2CO)S(=O)(=O)CC(F)(F)F)Cc2c1cnn2-c1ccc(F)cc1. The molecule has 1 aromatic heterocycles. The van der Waals surface area contributed by atoms with Crippen molar-refractivity contribution in [1.82, 2.24) is 14.1 Å². The van der Waals surface area contributed by atoms with Gasteiger partial charge >= 0.3 is 6.18 Å². The molecule has 0 bridgehead atoms. The van der Waals surface area contributed by atoms with E-state index < -0.39 is 22.0 Å². The normalized spacial score (nSPS) is 19.3. The summed E-state index contributed by atoms with van der Waals surface area (Å²) >= 11 is 0. The van der Waals surface area contributed by atoms with Crippen molar-refractivity contribution in [1.29, 1.82) is 0 Å². The predicted octanol–water partition coefficient (Wildman–Crippen LogP) is 5.31. The van der Waals surface area contributed by atoms with Crippen LogP contribution in [0.3, 0.4) is 0 Å². The molecule has 0 aliphatic heterocycles. The fourth-order valence-electron chi connectivity index (χ4n) is 6.16. The molecule has 40 heavy (non-hydrogen) atoms. The van der Waals surface area contributed by atoms with Gasteiger partial charge in [-0.05, 0) is 60.6 Å². The Balaban J connectivity index is 1.40. The standard InChI is InChI=1S/C29H31F4N3O3S/c1-19-26-15-34-36(25-10-8-24(30)9-11-25)27(26)14-21-6-7-22(28(19)21)16-35(40(38,39)18-29(31,32)33)13-12-20-4-2-3-5-23(20)17-37/h2-5,8-11,15,19,22,37H,6-7,12-14,16-18H2,1H3/t19-,22+/m0/s1. The molecule has 0 amide bonds. The first-order valence-electron chi connectivity index (χ1n) is 13.2. The van der Waals surface area contributed by atoms with Crippen molar-refractivity contribution in [3.8, 4) is 5.69 Å². The van der Waals surface area contributed by atoms with E-state index in [9.17, 15) is 31.1 Å². The van der Waals surface area contributed by atoms with Gasteiger partial charge in [-0.2, -0.15) is 18.3 Å². The minimum absolute atomic E-state index is 0.0374. The number of sulfonamides is 1. The monoisotopic (exact) mass is 577 g/mol. The zero-order valence-corrected chi connectivity index (χ0v) is 22.8. The van der Waals surface area contributed by atoms with Crippen LogP contribution >= 0.6 is 0 Å². The Morgan fingerprint density at radius 1 is 1.10 bits per heavy atom. The number of aliphatic hydroxyl groups excluding tert-OH is 1. The van der Waals surface area contributed by atoms with Gasteiger partial charge in [0.05, 0.1) is 24.2 Å². The van der Waals surface area contributed by atoms with Crippen LogP contribution in [0.25, 0.3) is 5.69 Å². The van der Waals surface area contributed by atoms with Gasteiger partial charge in [0, 0.05) is 31.0 Å². The molecule has 2 aliphatic rings. The summed E-state index contributed by atoms with van der Waals surface area (Å²) in [6.07, 6.45) is -0.930. The molecular formula is C29H31F4N3O3S. The van der Waals surface area contributed by atoms with Crippen molar-refractivity contribution in [2.75, 3.05) is 18.8 Å². The van der Waals surface area contributed by atoms with Crippen molar-refractivity contribution >= 4 is 10.0 Å². The summed E-state index contributed by atoms with van der Waals surface area (Å²) in [4.78, 5) is 0. The number of hydrogen-bond donors (Lipinski definition) is 1. The number of fused-ring (bicyclic) bond motifs is 1. The highest BCUT2D eigenvalue weighted by Gasteiger charge is 2.42. The number of benzene rings is 2. The van der Waals surface area contributed by atoms with Gasteiger partial charge in [-0.25, -0.2) is 21.8 Å². The maximum absolute atomic E-state index is 13.5. The first-order valence-corrected chi connectivity index (χ1v) is 14.8. The molecule has 11 heteroatoms. The van der Waals surface area contributed by atoms with E-state index in [4.69, 9.17) is 0 Å². The second-order valence-electron chi connectivity index (χ2n) is 10.5. The number of hydrogen-bond acceptors (Lipinski definition) is 4. The van der Waals surface area contributed by atoms with Gasteiger partial charge in [0.2, 0.25) is 10.0 Å². The van der Waals surface area contributed by atoms with Crippen molar-refractivity contribution in [2.24, 2.45) is 5.92 Å². The number of allylic oxidation sites excluding steroid dienone is 1. The lowest BCUT2D eigenvalue weighted by molar-refractivity contribution is -0.107. The minimum atomic E-state index is -4.86. The second-order valence-corrected chi connectivity index (χ2v) is 12.5. The largest absolute Gasteiger partial charge is 0.404 e. The van der Waals surface area contributed by atoms with E-state index in [0.29, 0.717) is 24.0 Å². The van der Waals surface area contributed by atoms with Crippen molar-refractivity contribution in [2.45, 2.75) is 51.3 Å². The molecule has 0 fully saturated rings. The smallest absolute Gasteiger partial charge is 0.392 e. The molecule has 0 unspecified atom stereocenters. The third-order valence-corrected chi connectivity index (χ3v) is 9.82. The molecule has 0 saturated carbocycles. The Morgan fingerprint density at radius 3 is 2.48 bits per heavy atom. The Kier molecular flexibility index (Phi) is 7.91. The molecule has 3 aromatic rings. The van der Waals surface area contributed by atoms with Gasteiger partial charge < -0.3 is 5.11 Å². The van der Waals surface area contributed by atoms with Crippen LogP contribution in [0.5, 0.6) is 0 Å². The van der Waals surface area contributed by atoms with E-state index >= 15 is 0 Å². The van der Waals surface area contributed by atoms with Crippen molar-refractivity contribution in [3.05, 3.63) is 94.1 Å². The summed E-state index contributed by atoms with van der Waals surface area (Å²) in [7, 11) is -4.63. The van der Waals surface area contributed by atoms with E-state index in [-0.39, 0.29) is 43.8 Å². The molecule has 2 aromatic carbocycles. The van der Waals surface area contributed by atoms with Gasteiger partial charge in [-0.1, -0.05) is 42.3 Å². The van der Waals surface area contributed by atoms with Crippen LogP contribution in [-0.2, 0) is 29.5 Å². The van der Waals surface area contributed by atoms with Crippen molar-refractivity contribution in [3.63, 3.8) is 0 Å². The van der Waals surface area contributed by atoms with Gasteiger partial charge in [0.15, 0.2) is 5.75 Å². The summed E-state index contributed by atoms with van der Waals surface area (Å²) in [5.41, 5.74) is 6.26. The minimum Gasteiger partial charge on any atom is -0.392 e. The zero-order chi connectivity index (χ0) is 28.7. The molecule has 5 rings (SSSR count). The second kappa shape index (κ2) is 11.1. The number of aromatic nitrogens is 2. The highest BCUT2D eigenvalue weighted by molar-refractivity contribution is 7.89. The maximum atomic E-state index is 13.5. The maximum Gasteiger partial charge on any atom is 0.404 e. The summed E-state index contributed by atoms with van der Waals surface area (Å²) < 4.78 is 82.2. The van der Waals surface area contributed by atoms with E-state index in [1.807, 2.05) is 6.92 Å². The Labute approximate surface area is 231 Å². The zero-order valence-electron chi connectivity index (χ0n) is 22.0. The van der Waals surface area contributed by atoms with Crippen LogP contribution in [0.4, 0.5) is 17.6 Å². The lowest BCUT2D eigenvalue weighted by Gasteiger charge is -2.31. The number of rotatable bonds is 9. The van der Waals surface area contributed by atoms with E-state index in [2.05, 4.69) is 5.10 Å². The van der Waals surface area contributed by atoms with E-state index in [1.165, 1.54) is 12.1 Å². The van der Waals surface area contributed by atoms with Crippen LogP contribution in [0.1, 0.15) is 48.1 Å². The quantitative estimate of drug-likeness (QED) is 0.277. The van der Waals surface area contributed by atoms with Gasteiger partial charge in [0.1, 0.15) is 5.82 Å². The fraction of sp³-hybridized carbons (Fsp3) is 0.414. The summed E-state index contributed by atoms with van der Waals surface area (Å²) in [5, 5.41) is 14.2. The summed E-state index contributed by atoms with van der Waals surface area (Å²) in [6, 6.07) is 13.0. The molecule has 0 saturated heterocycles.